The van der Waals surface area contributed by atoms with Gasteiger partial charge in [-0.05, 0) is 73.4 Å². The van der Waals surface area contributed by atoms with Crippen LogP contribution in [-0.4, -0.2) is 56.4 Å². The number of anilines is 2. The maximum atomic E-state index is 13.1. The van der Waals surface area contributed by atoms with E-state index in [0.29, 0.717) is 29.4 Å². The highest BCUT2D eigenvalue weighted by Crippen LogP contribution is 2.28. The molecule has 3 aromatic carbocycles. The maximum absolute atomic E-state index is 13.1. The SMILES string of the molecule is CCCCN(C(=O)NC1CCN(Cc2ccc(Oc3ccc(NS(C)(=O)=O)cc3)cc2)CC1)c1ccccc1O.Cl. The normalized spacial score (nSPS) is 14.1. The third-order valence-electron chi connectivity index (χ3n) is 6.79. The van der Waals surface area contributed by atoms with Gasteiger partial charge in [0.05, 0.1) is 11.9 Å². The van der Waals surface area contributed by atoms with E-state index in [0.717, 1.165) is 51.6 Å². The number of hydrogen-bond donors (Lipinski definition) is 3. The summed E-state index contributed by atoms with van der Waals surface area (Å²) in [5.41, 5.74) is 2.20. The Morgan fingerprint density at radius 1 is 1.00 bits per heavy atom. The molecule has 0 unspecified atom stereocenters. The molecule has 1 saturated heterocycles. The van der Waals surface area contributed by atoms with Crippen molar-refractivity contribution in [3.8, 4) is 17.2 Å². The highest BCUT2D eigenvalue weighted by atomic mass is 35.5. The molecule has 9 nitrogen and oxygen atoms in total. The van der Waals surface area contributed by atoms with Crippen LogP contribution in [0, 0.1) is 0 Å². The number of para-hydroxylation sites is 2. The summed E-state index contributed by atoms with van der Waals surface area (Å²) in [7, 11) is -3.32. The summed E-state index contributed by atoms with van der Waals surface area (Å²) in [6.07, 6.45) is 4.65. The first kappa shape index (κ1) is 32.0. The molecule has 1 aliphatic rings. The molecule has 0 atom stereocenters. The lowest BCUT2D eigenvalue weighted by atomic mass is 10.0. The van der Waals surface area contributed by atoms with Crippen molar-refractivity contribution >= 4 is 39.8 Å². The van der Waals surface area contributed by atoms with Gasteiger partial charge >= 0.3 is 6.03 Å². The number of halogens is 1. The standard InChI is InChI=1S/C30H38N4O5S.ClH/c1-3-4-19-34(28-7-5-6-8-29(28)35)30(36)31-24-17-20-33(21-18-24)22-23-9-13-26(14-10-23)39-27-15-11-25(12-16-27)32-40(2,37)38;/h5-16,24,32,35H,3-4,17-22H2,1-2H3,(H,31,36);1H. The van der Waals surface area contributed by atoms with Gasteiger partial charge in [-0.1, -0.05) is 37.6 Å². The van der Waals surface area contributed by atoms with Gasteiger partial charge in [-0.3, -0.25) is 14.5 Å². The van der Waals surface area contributed by atoms with Crippen molar-refractivity contribution in [2.75, 3.05) is 35.5 Å². The second kappa shape index (κ2) is 15.0. The van der Waals surface area contributed by atoms with Crippen LogP contribution < -0.4 is 19.7 Å². The molecule has 1 heterocycles. The molecule has 3 N–H and O–H groups in total. The predicted octanol–water partition coefficient (Wildman–Crippen LogP) is 5.96. The van der Waals surface area contributed by atoms with Gasteiger partial charge in [0.25, 0.3) is 0 Å². The Bertz CT molecular complexity index is 1360. The lowest BCUT2D eigenvalue weighted by Crippen LogP contribution is -2.49. The molecule has 0 bridgehead atoms. The Hall–Kier alpha value is -3.47. The molecule has 222 valence electrons. The first-order valence-corrected chi connectivity index (χ1v) is 15.5. The Morgan fingerprint density at radius 2 is 1.61 bits per heavy atom. The Balaban J connectivity index is 0.00000462. The highest BCUT2D eigenvalue weighted by Gasteiger charge is 2.24. The van der Waals surface area contributed by atoms with E-state index in [1.165, 1.54) is 5.56 Å². The van der Waals surface area contributed by atoms with Crippen molar-refractivity contribution in [1.82, 2.24) is 10.2 Å². The van der Waals surface area contributed by atoms with Crippen molar-refractivity contribution in [3.63, 3.8) is 0 Å². The van der Waals surface area contributed by atoms with Crippen LogP contribution in [0.5, 0.6) is 17.2 Å². The molecule has 0 saturated carbocycles. The Labute approximate surface area is 249 Å². The third kappa shape index (κ3) is 9.84. The Morgan fingerprint density at radius 3 is 2.20 bits per heavy atom. The number of amides is 2. The quantitative estimate of drug-likeness (QED) is 0.250. The van der Waals surface area contributed by atoms with E-state index in [1.54, 1.807) is 47.4 Å². The van der Waals surface area contributed by atoms with Crippen LogP contribution in [0.1, 0.15) is 38.2 Å². The van der Waals surface area contributed by atoms with E-state index in [2.05, 4.69) is 21.9 Å². The molecule has 0 spiro atoms. The summed E-state index contributed by atoms with van der Waals surface area (Å²) in [6, 6.07) is 21.6. The first-order chi connectivity index (χ1) is 19.2. The van der Waals surface area contributed by atoms with E-state index >= 15 is 0 Å². The second-order valence-corrected chi connectivity index (χ2v) is 11.9. The fraction of sp³-hybridized carbons (Fsp3) is 0.367. The summed E-state index contributed by atoms with van der Waals surface area (Å²) in [6.45, 7) is 5.21. The minimum atomic E-state index is -3.32. The lowest BCUT2D eigenvalue weighted by molar-refractivity contribution is 0.188. The Kier molecular flexibility index (Phi) is 11.7. The lowest BCUT2D eigenvalue weighted by Gasteiger charge is -2.34. The number of urea groups is 1. The van der Waals surface area contributed by atoms with Gasteiger partial charge in [-0.2, -0.15) is 0 Å². The van der Waals surface area contributed by atoms with Crippen molar-refractivity contribution < 1.29 is 23.1 Å². The number of rotatable bonds is 11. The number of nitrogens with one attached hydrogen (secondary N) is 2. The number of phenols is 1. The number of ether oxygens (including phenoxy) is 1. The average Bonchev–Trinajstić information content (AvgIpc) is 2.92. The van der Waals surface area contributed by atoms with Crippen LogP contribution in [0.3, 0.4) is 0 Å². The number of hydrogen-bond acceptors (Lipinski definition) is 6. The summed E-state index contributed by atoms with van der Waals surface area (Å²) in [5, 5.41) is 13.5. The number of piperidine rings is 1. The average molecular weight is 603 g/mol. The minimum Gasteiger partial charge on any atom is -0.506 e. The second-order valence-electron chi connectivity index (χ2n) is 10.1. The number of phenolic OH excluding ortho intramolecular Hbond substituents is 1. The molecule has 1 fully saturated rings. The molecular weight excluding hydrogens is 564 g/mol. The van der Waals surface area contributed by atoms with Crippen LogP contribution >= 0.6 is 12.4 Å². The van der Waals surface area contributed by atoms with E-state index in [-0.39, 0.29) is 30.2 Å². The van der Waals surface area contributed by atoms with Crippen LogP contribution in [0.4, 0.5) is 16.2 Å². The van der Waals surface area contributed by atoms with Crippen LogP contribution in [0.15, 0.2) is 72.8 Å². The molecule has 1 aliphatic heterocycles. The van der Waals surface area contributed by atoms with Gasteiger partial charge in [0.15, 0.2) is 0 Å². The van der Waals surface area contributed by atoms with Crippen molar-refractivity contribution in [2.45, 2.75) is 45.2 Å². The van der Waals surface area contributed by atoms with Crippen molar-refractivity contribution in [2.24, 2.45) is 0 Å². The number of nitrogens with zero attached hydrogens (tertiary/aromatic N) is 2. The molecule has 3 aromatic rings. The van der Waals surface area contributed by atoms with Crippen LogP contribution in [0.2, 0.25) is 0 Å². The van der Waals surface area contributed by atoms with Gasteiger partial charge in [-0.25, -0.2) is 13.2 Å². The van der Waals surface area contributed by atoms with E-state index in [1.807, 2.05) is 30.3 Å². The number of likely N-dealkylation sites (tertiary alicyclic amines) is 1. The fourth-order valence-electron chi connectivity index (χ4n) is 4.69. The van der Waals surface area contributed by atoms with Gasteiger partial charge in [0, 0.05) is 37.9 Å². The molecular formula is C30H39ClN4O5S. The molecule has 41 heavy (non-hydrogen) atoms. The summed E-state index contributed by atoms with van der Waals surface area (Å²) < 4.78 is 31.0. The van der Waals surface area contributed by atoms with E-state index in [4.69, 9.17) is 4.74 Å². The zero-order chi connectivity index (χ0) is 28.5. The highest BCUT2D eigenvalue weighted by molar-refractivity contribution is 7.92. The molecule has 0 aliphatic carbocycles. The summed E-state index contributed by atoms with van der Waals surface area (Å²) in [4.78, 5) is 17.2. The van der Waals surface area contributed by atoms with Gasteiger partial charge in [0.1, 0.15) is 17.2 Å². The van der Waals surface area contributed by atoms with Gasteiger partial charge in [-0.15, -0.1) is 12.4 Å². The number of aromatic hydroxyl groups is 1. The minimum absolute atomic E-state index is 0. The third-order valence-corrected chi connectivity index (χ3v) is 7.40. The van der Waals surface area contributed by atoms with Crippen molar-refractivity contribution in [1.29, 1.82) is 0 Å². The van der Waals surface area contributed by atoms with Gasteiger partial charge in [0.2, 0.25) is 10.0 Å². The number of sulfonamides is 1. The molecule has 4 rings (SSSR count). The summed E-state index contributed by atoms with van der Waals surface area (Å²) >= 11 is 0. The van der Waals surface area contributed by atoms with Gasteiger partial charge < -0.3 is 15.2 Å². The molecule has 0 aromatic heterocycles. The molecule has 2 amide bonds. The van der Waals surface area contributed by atoms with E-state index in [9.17, 15) is 18.3 Å². The van der Waals surface area contributed by atoms with Crippen LogP contribution in [0.25, 0.3) is 0 Å². The first-order valence-electron chi connectivity index (χ1n) is 13.6. The predicted molar refractivity (Wildman–Crippen MR) is 166 cm³/mol. The number of unbranched alkanes of at least 4 members (excludes halogenated alkanes) is 1. The van der Waals surface area contributed by atoms with Crippen LogP contribution in [-0.2, 0) is 16.6 Å². The maximum Gasteiger partial charge on any atom is 0.322 e. The smallest absolute Gasteiger partial charge is 0.322 e. The largest absolute Gasteiger partial charge is 0.506 e. The zero-order valence-electron chi connectivity index (χ0n) is 23.5. The number of carbonyl (C=O) groups is 1. The molecule has 11 heteroatoms. The zero-order valence-corrected chi connectivity index (χ0v) is 25.1. The number of carbonyl (C=O) groups excluding carboxylic acids is 1. The fourth-order valence-corrected chi connectivity index (χ4v) is 5.25. The molecule has 0 radical (unpaired) electrons. The van der Waals surface area contributed by atoms with E-state index < -0.39 is 10.0 Å². The summed E-state index contributed by atoms with van der Waals surface area (Å²) in [5.74, 6) is 1.43. The monoisotopic (exact) mass is 602 g/mol. The topological polar surface area (TPSA) is 111 Å². The number of benzene rings is 3. The van der Waals surface area contributed by atoms with Crippen molar-refractivity contribution in [3.05, 3.63) is 78.4 Å².